The molecule has 0 bridgehead atoms. The van der Waals surface area contributed by atoms with Gasteiger partial charge in [-0.25, -0.2) is 4.98 Å². The molecular weight excluding hydrogens is 378 g/mol. The summed E-state index contributed by atoms with van der Waals surface area (Å²) in [5.74, 6) is 0.214. The lowest BCUT2D eigenvalue weighted by atomic mass is 9.78. The zero-order chi connectivity index (χ0) is 20.4. The van der Waals surface area contributed by atoms with Gasteiger partial charge in [0.15, 0.2) is 0 Å². The van der Waals surface area contributed by atoms with Crippen molar-refractivity contribution in [3.63, 3.8) is 0 Å². The summed E-state index contributed by atoms with van der Waals surface area (Å²) in [7, 11) is 0. The summed E-state index contributed by atoms with van der Waals surface area (Å²) >= 11 is 1.70. The Morgan fingerprint density at radius 1 is 1.03 bits per heavy atom. The number of carbonyl (C=O) groups is 1. The molecule has 152 valence electrons. The third kappa shape index (κ3) is 4.07. The van der Waals surface area contributed by atoms with Gasteiger partial charge in [-0.3, -0.25) is 9.69 Å². The fourth-order valence-corrected chi connectivity index (χ4v) is 5.32. The van der Waals surface area contributed by atoms with Crippen molar-refractivity contribution in [3.05, 3.63) is 65.2 Å². The summed E-state index contributed by atoms with van der Waals surface area (Å²) in [6.45, 7) is 9.99. The van der Waals surface area contributed by atoms with E-state index in [1.807, 2.05) is 36.4 Å². The maximum Gasteiger partial charge on any atom is 0.233 e. The third-order valence-corrected chi connectivity index (χ3v) is 7.09. The highest BCUT2D eigenvalue weighted by Gasteiger charge is 2.40. The predicted octanol–water partition coefficient (Wildman–Crippen LogP) is 4.35. The molecule has 1 unspecified atom stereocenters. The summed E-state index contributed by atoms with van der Waals surface area (Å²) in [6.07, 6.45) is 0.625. The van der Waals surface area contributed by atoms with Gasteiger partial charge in [-0.2, -0.15) is 0 Å². The lowest BCUT2D eigenvalue weighted by Gasteiger charge is -2.41. The first-order chi connectivity index (χ1) is 14.0. The van der Waals surface area contributed by atoms with Crippen LogP contribution in [0.3, 0.4) is 0 Å². The number of hydrogen-bond acceptors (Lipinski definition) is 4. The van der Waals surface area contributed by atoms with Crippen LogP contribution >= 0.6 is 11.3 Å². The monoisotopic (exact) mass is 407 g/mol. The smallest absolute Gasteiger partial charge is 0.233 e. The van der Waals surface area contributed by atoms with E-state index < -0.39 is 5.41 Å². The number of aromatic nitrogens is 1. The summed E-state index contributed by atoms with van der Waals surface area (Å²) in [5.41, 5.74) is 1.46. The lowest BCUT2D eigenvalue weighted by molar-refractivity contribution is -0.139. The minimum atomic E-state index is -0.616. The topological polar surface area (TPSA) is 36.4 Å². The van der Waals surface area contributed by atoms with Gasteiger partial charge < -0.3 is 4.90 Å². The van der Waals surface area contributed by atoms with Crippen LogP contribution in [0.4, 0.5) is 0 Å². The summed E-state index contributed by atoms with van der Waals surface area (Å²) in [4.78, 5) is 23.1. The van der Waals surface area contributed by atoms with E-state index in [4.69, 9.17) is 4.98 Å². The number of benzene rings is 2. The minimum absolute atomic E-state index is 0.214. The van der Waals surface area contributed by atoms with Gasteiger partial charge >= 0.3 is 0 Å². The molecule has 0 radical (unpaired) electrons. The number of piperazine rings is 1. The minimum Gasteiger partial charge on any atom is -0.339 e. The summed E-state index contributed by atoms with van der Waals surface area (Å²) in [6, 6.07) is 18.9. The van der Waals surface area contributed by atoms with E-state index in [1.165, 1.54) is 4.70 Å². The fraction of sp³-hybridized carbons (Fsp3) is 0.417. The van der Waals surface area contributed by atoms with Crippen molar-refractivity contribution in [2.45, 2.75) is 38.6 Å². The van der Waals surface area contributed by atoms with E-state index in [0.29, 0.717) is 12.5 Å². The van der Waals surface area contributed by atoms with Crippen molar-refractivity contribution in [3.8, 4) is 0 Å². The van der Waals surface area contributed by atoms with Gasteiger partial charge in [-0.05, 0) is 38.5 Å². The first-order valence-electron chi connectivity index (χ1n) is 10.4. The molecule has 0 saturated carbocycles. The Hall–Kier alpha value is -2.24. The molecule has 1 amide bonds. The van der Waals surface area contributed by atoms with Gasteiger partial charge in [0.2, 0.25) is 5.91 Å². The highest BCUT2D eigenvalue weighted by molar-refractivity contribution is 7.18. The second-order valence-electron chi connectivity index (χ2n) is 8.37. The first-order valence-corrected chi connectivity index (χ1v) is 11.2. The van der Waals surface area contributed by atoms with Gasteiger partial charge in [0.1, 0.15) is 0 Å². The van der Waals surface area contributed by atoms with Crippen LogP contribution < -0.4 is 0 Å². The van der Waals surface area contributed by atoms with Crippen molar-refractivity contribution in [1.82, 2.24) is 14.8 Å². The highest BCUT2D eigenvalue weighted by Crippen LogP contribution is 2.34. The van der Waals surface area contributed by atoms with Crippen LogP contribution in [0.2, 0.25) is 0 Å². The van der Waals surface area contributed by atoms with Crippen molar-refractivity contribution < 1.29 is 4.79 Å². The van der Waals surface area contributed by atoms with Crippen molar-refractivity contribution in [2.24, 2.45) is 0 Å². The first kappa shape index (κ1) is 20.0. The van der Waals surface area contributed by atoms with E-state index in [1.54, 1.807) is 11.3 Å². The van der Waals surface area contributed by atoms with E-state index >= 15 is 0 Å². The second kappa shape index (κ2) is 8.25. The van der Waals surface area contributed by atoms with Gasteiger partial charge in [0.25, 0.3) is 0 Å². The molecule has 1 saturated heterocycles. The number of nitrogens with zero attached hydrogens (tertiary/aromatic N) is 3. The number of thiazole rings is 1. The molecule has 0 N–H and O–H groups in total. The molecule has 2 aromatic carbocycles. The Balaban J connectivity index is 1.63. The van der Waals surface area contributed by atoms with Crippen molar-refractivity contribution >= 4 is 27.5 Å². The van der Waals surface area contributed by atoms with Crippen LogP contribution in [-0.4, -0.2) is 52.9 Å². The van der Waals surface area contributed by atoms with E-state index in [-0.39, 0.29) is 5.91 Å². The molecule has 1 atom stereocenters. The van der Waals surface area contributed by atoms with Crippen LogP contribution in [0.15, 0.2) is 54.6 Å². The van der Waals surface area contributed by atoms with Crippen LogP contribution in [0.1, 0.15) is 31.3 Å². The number of amides is 1. The maximum atomic E-state index is 13.8. The second-order valence-corrected chi connectivity index (χ2v) is 9.49. The Morgan fingerprint density at radius 3 is 2.34 bits per heavy atom. The molecule has 0 aliphatic carbocycles. The zero-order valence-electron chi connectivity index (χ0n) is 17.5. The van der Waals surface area contributed by atoms with Crippen LogP contribution in [0.25, 0.3) is 10.2 Å². The number of hydrogen-bond donors (Lipinski definition) is 0. The number of rotatable bonds is 5. The quantitative estimate of drug-likeness (QED) is 0.631. The number of carbonyl (C=O) groups excluding carboxylic acids is 1. The average molecular weight is 408 g/mol. The largest absolute Gasteiger partial charge is 0.339 e. The Labute approximate surface area is 177 Å². The van der Waals surface area contributed by atoms with Crippen LogP contribution in [-0.2, 0) is 16.6 Å². The predicted molar refractivity (Wildman–Crippen MR) is 120 cm³/mol. The van der Waals surface area contributed by atoms with Gasteiger partial charge in [0.05, 0.1) is 20.6 Å². The number of fused-ring (bicyclic) bond motifs is 1. The van der Waals surface area contributed by atoms with Crippen LogP contribution in [0, 0.1) is 0 Å². The molecule has 29 heavy (non-hydrogen) atoms. The molecular formula is C24H29N3OS. The highest BCUT2D eigenvalue weighted by atomic mass is 32.1. The molecule has 0 spiro atoms. The van der Waals surface area contributed by atoms with Gasteiger partial charge in [-0.15, -0.1) is 11.3 Å². The van der Waals surface area contributed by atoms with E-state index in [0.717, 1.165) is 42.3 Å². The molecule has 2 heterocycles. The summed E-state index contributed by atoms with van der Waals surface area (Å²) < 4.78 is 1.18. The van der Waals surface area contributed by atoms with E-state index in [9.17, 15) is 4.79 Å². The molecule has 5 heteroatoms. The molecule has 3 aromatic rings. The Kier molecular flexibility index (Phi) is 5.70. The van der Waals surface area contributed by atoms with Crippen molar-refractivity contribution in [2.75, 3.05) is 26.2 Å². The SMILES string of the molecule is CC(C)N1CCN(C(=O)C(C)(Cc2nc3ccccc3s2)c2ccccc2)CC1. The van der Waals surface area contributed by atoms with E-state index in [2.05, 4.69) is 48.8 Å². The standard InChI is InChI=1S/C24H29N3OS/c1-18(2)26-13-15-27(16-14-26)23(28)24(3,19-9-5-4-6-10-19)17-22-25-20-11-7-8-12-21(20)29-22/h4-12,18H,13-17H2,1-3H3. The molecule has 1 aromatic heterocycles. The third-order valence-electron chi connectivity index (χ3n) is 6.06. The van der Waals surface area contributed by atoms with Gasteiger partial charge in [0, 0.05) is 38.6 Å². The normalized spacial score (nSPS) is 17.6. The average Bonchev–Trinajstić information content (AvgIpc) is 3.16. The molecule has 1 aliphatic rings. The maximum absolute atomic E-state index is 13.8. The Morgan fingerprint density at radius 2 is 1.69 bits per heavy atom. The molecule has 1 fully saturated rings. The molecule has 4 rings (SSSR count). The van der Waals surface area contributed by atoms with Crippen LogP contribution in [0.5, 0.6) is 0 Å². The molecule has 1 aliphatic heterocycles. The fourth-order valence-electron chi connectivity index (χ4n) is 4.20. The Bertz CT molecular complexity index is 943. The number of para-hydroxylation sites is 1. The zero-order valence-corrected chi connectivity index (χ0v) is 18.3. The van der Waals surface area contributed by atoms with Gasteiger partial charge in [-0.1, -0.05) is 42.5 Å². The lowest BCUT2D eigenvalue weighted by Crippen LogP contribution is -2.55. The molecule has 4 nitrogen and oxygen atoms in total. The summed E-state index contributed by atoms with van der Waals surface area (Å²) in [5, 5.41) is 1.02. The van der Waals surface area contributed by atoms with Crippen molar-refractivity contribution in [1.29, 1.82) is 0 Å².